The third kappa shape index (κ3) is 4.07. The molecule has 1 saturated carbocycles. The fourth-order valence-electron chi connectivity index (χ4n) is 3.01. The van der Waals surface area contributed by atoms with Crippen molar-refractivity contribution in [3.63, 3.8) is 0 Å². The van der Waals surface area contributed by atoms with Gasteiger partial charge in [0.05, 0.1) is 0 Å². The van der Waals surface area contributed by atoms with Crippen molar-refractivity contribution in [2.45, 2.75) is 58.0 Å². The Morgan fingerprint density at radius 3 is 2.65 bits per heavy atom. The quantitative estimate of drug-likeness (QED) is 0.773. The van der Waals surface area contributed by atoms with E-state index in [9.17, 15) is 0 Å². The van der Waals surface area contributed by atoms with E-state index in [0.717, 1.165) is 12.6 Å². The highest BCUT2D eigenvalue weighted by Crippen LogP contribution is 2.26. The lowest BCUT2D eigenvalue weighted by Crippen LogP contribution is -2.39. The first-order valence-corrected chi connectivity index (χ1v) is 8.21. The maximum Gasteiger partial charge on any atom is 0.0335 e. The van der Waals surface area contributed by atoms with Crippen molar-refractivity contribution < 1.29 is 0 Å². The minimum atomic E-state index is 0.499. The predicted octanol–water partition coefficient (Wildman–Crippen LogP) is 3.91. The topological polar surface area (TPSA) is 15.3 Å². The molecule has 0 amide bonds. The summed E-state index contributed by atoms with van der Waals surface area (Å²) in [5.41, 5.74) is 2.88. The van der Waals surface area contributed by atoms with Crippen LogP contribution in [0.15, 0.2) is 24.3 Å². The monoisotopic (exact) mass is 274 g/mol. The summed E-state index contributed by atoms with van der Waals surface area (Å²) in [5, 5.41) is 3.73. The second kappa shape index (κ2) is 7.80. The molecule has 1 atom stereocenters. The van der Waals surface area contributed by atoms with Crippen LogP contribution in [0.4, 0.5) is 0 Å². The molecule has 0 spiro atoms. The molecule has 0 bridgehead atoms. The molecule has 1 aliphatic rings. The highest BCUT2D eigenvalue weighted by atomic mass is 15.1. The Bertz CT molecular complexity index is 398. The van der Waals surface area contributed by atoms with Crippen molar-refractivity contribution >= 4 is 0 Å². The minimum Gasteiger partial charge on any atom is -0.310 e. The van der Waals surface area contributed by atoms with E-state index in [-0.39, 0.29) is 0 Å². The second-order valence-corrected chi connectivity index (χ2v) is 6.22. The Balaban J connectivity index is 1.94. The fourth-order valence-corrected chi connectivity index (χ4v) is 3.01. The maximum absolute atomic E-state index is 3.73. The highest BCUT2D eigenvalue weighted by molar-refractivity contribution is 5.28. The van der Waals surface area contributed by atoms with Crippen LogP contribution < -0.4 is 5.32 Å². The minimum absolute atomic E-state index is 0.499. The lowest BCUT2D eigenvalue weighted by Gasteiger charge is -2.35. The van der Waals surface area contributed by atoms with Crippen LogP contribution in [0.1, 0.15) is 56.2 Å². The van der Waals surface area contributed by atoms with Crippen LogP contribution in [0.2, 0.25) is 0 Å². The van der Waals surface area contributed by atoms with E-state index in [2.05, 4.69) is 55.4 Å². The van der Waals surface area contributed by atoms with Crippen LogP contribution in [0.5, 0.6) is 0 Å². The molecule has 1 N–H and O–H groups in total. The zero-order valence-corrected chi connectivity index (χ0v) is 13.4. The van der Waals surface area contributed by atoms with Crippen LogP contribution in [0.3, 0.4) is 0 Å². The third-order valence-corrected chi connectivity index (χ3v) is 4.67. The molecule has 0 saturated heterocycles. The number of aryl methyl sites for hydroxylation is 1. The summed E-state index contributed by atoms with van der Waals surface area (Å²) in [4.78, 5) is 2.56. The number of benzene rings is 1. The molecule has 2 rings (SSSR count). The van der Waals surface area contributed by atoms with Crippen molar-refractivity contribution in [1.82, 2.24) is 10.2 Å². The summed E-state index contributed by atoms with van der Waals surface area (Å²) in [6.45, 7) is 6.76. The normalized spacial score (nSPS) is 17.2. The van der Waals surface area contributed by atoms with Crippen LogP contribution in [0.25, 0.3) is 0 Å². The molecule has 2 heteroatoms. The molecule has 0 heterocycles. The largest absolute Gasteiger partial charge is 0.310 e. The SMILES string of the molecule is CCCNC(CCN(C)C1CCC1)c1ccccc1C. The van der Waals surface area contributed by atoms with Gasteiger partial charge in [0.25, 0.3) is 0 Å². The van der Waals surface area contributed by atoms with Crippen LogP contribution >= 0.6 is 0 Å². The summed E-state index contributed by atoms with van der Waals surface area (Å²) in [6, 6.07) is 10.2. The summed E-state index contributed by atoms with van der Waals surface area (Å²) < 4.78 is 0. The third-order valence-electron chi connectivity index (χ3n) is 4.67. The van der Waals surface area contributed by atoms with Gasteiger partial charge in [0.1, 0.15) is 0 Å². The molecule has 112 valence electrons. The molecule has 0 aliphatic heterocycles. The first kappa shape index (κ1) is 15.5. The van der Waals surface area contributed by atoms with Crippen LogP contribution in [0, 0.1) is 6.92 Å². The second-order valence-electron chi connectivity index (χ2n) is 6.22. The lowest BCUT2D eigenvalue weighted by atomic mass is 9.91. The van der Waals surface area contributed by atoms with Gasteiger partial charge >= 0.3 is 0 Å². The van der Waals surface area contributed by atoms with Gasteiger partial charge in [-0.1, -0.05) is 37.6 Å². The van der Waals surface area contributed by atoms with Crippen molar-refractivity contribution in [2.75, 3.05) is 20.1 Å². The number of nitrogens with one attached hydrogen (secondary N) is 1. The standard InChI is InChI=1S/C18H30N2/c1-4-13-19-18(17-11-6-5-8-15(17)2)12-14-20(3)16-9-7-10-16/h5-6,8,11,16,18-19H,4,7,9-10,12-14H2,1-3H3. The van der Waals surface area contributed by atoms with Gasteiger partial charge in [-0.05, 0) is 63.9 Å². The Hall–Kier alpha value is -0.860. The summed E-state index contributed by atoms with van der Waals surface area (Å²) >= 11 is 0. The van der Waals surface area contributed by atoms with Gasteiger partial charge in [0, 0.05) is 12.1 Å². The molecule has 0 radical (unpaired) electrons. The zero-order chi connectivity index (χ0) is 14.4. The molecule has 1 fully saturated rings. The zero-order valence-electron chi connectivity index (χ0n) is 13.4. The van der Waals surface area contributed by atoms with E-state index >= 15 is 0 Å². The van der Waals surface area contributed by atoms with E-state index in [1.165, 1.54) is 49.8 Å². The van der Waals surface area contributed by atoms with Crippen molar-refractivity contribution in [3.8, 4) is 0 Å². The molecule has 0 aromatic heterocycles. The molecule has 1 unspecified atom stereocenters. The van der Waals surface area contributed by atoms with E-state index < -0.39 is 0 Å². The van der Waals surface area contributed by atoms with E-state index in [4.69, 9.17) is 0 Å². The smallest absolute Gasteiger partial charge is 0.0335 e. The summed E-state index contributed by atoms with van der Waals surface area (Å²) in [5.74, 6) is 0. The maximum atomic E-state index is 3.73. The van der Waals surface area contributed by atoms with Crippen molar-refractivity contribution in [2.24, 2.45) is 0 Å². The first-order chi connectivity index (χ1) is 9.72. The summed E-state index contributed by atoms with van der Waals surface area (Å²) in [7, 11) is 2.29. The average molecular weight is 274 g/mol. The van der Waals surface area contributed by atoms with Crippen LogP contribution in [-0.4, -0.2) is 31.1 Å². The van der Waals surface area contributed by atoms with E-state index in [0.29, 0.717) is 6.04 Å². The Labute approximate surface area is 124 Å². The Kier molecular flexibility index (Phi) is 6.06. The first-order valence-electron chi connectivity index (χ1n) is 8.21. The van der Waals surface area contributed by atoms with Crippen LogP contribution in [-0.2, 0) is 0 Å². The number of hydrogen-bond donors (Lipinski definition) is 1. The van der Waals surface area contributed by atoms with E-state index in [1.54, 1.807) is 0 Å². The van der Waals surface area contributed by atoms with Crippen molar-refractivity contribution in [1.29, 1.82) is 0 Å². The number of rotatable bonds is 8. The molecule has 1 aliphatic carbocycles. The Morgan fingerprint density at radius 1 is 1.30 bits per heavy atom. The molecular weight excluding hydrogens is 244 g/mol. The lowest BCUT2D eigenvalue weighted by molar-refractivity contribution is 0.153. The fraction of sp³-hybridized carbons (Fsp3) is 0.667. The molecule has 20 heavy (non-hydrogen) atoms. The van der Waals surface area contributed by atoms with Gasteiger partial charge < -0.3 is 10.2 Å². The molecule has 1 aromatic carbocycles. The highest BCUT2D eigenvalue weighted by Gasteiger charge is 2.22. The molecule has 1 aromatic rings. The van der Waals surface area contributed by atoms with Gasteiger partial charge in [-0.25, -0.2) is 0 Å². The average Bonchev–Trinajstić information content (AvgIpc) is 2.38. The summed E-state index contributed by atoms with van der Waals surface area (Å²) in [6.07, 6.45) is 6.62. The molecular formula is C18H30N2. The van der Waals surface area contributed by atoms with Gasteiger partial charge in [-0.15, -0.1) is 0 Å². The Morgan fingerprint density at radius 2 is 2.05 bits per heavy atom. The van der Waals surface area contributed by atoms with Gasteiger partial charge in [-0.2, -0.15) is 0 Å². The molecule has 2 nitrogen and oxygen atoms in total. The van der Waals surface area contributed by atoms with E-state index in [1.807, 2.05) is 0 Å². The van der Waals surface area contributed by atoms with Gasteiger partial charge in [0.2, 0.25) is 0 Å². The number of hydrogen-bond acceptors (Lipinski definition) is 2. The van der Waals surface area contributed by atoms with Crippen molar-refractivity contribution in [3.05, 3.63) is 35.4 Å². The van der Waals surface area contributed by atoms with Gasteiger partial charge in [0.15, 0.2) is 0 Å². The number of nitrogens with zero attached hydrogens (tertiary/aromatic N) is 1. The van der Waals surface area contributed by atoms with Gasteiger partial charge in [-0.3, -0.25) is 0 Å². The predicted molar refractivity (Wildman–Crippen MR) is 87.1 cm³/mol.